The van der Waals surface area contributed by atoms with Gasteiger partial charge in [0.1, 0.15) is 6.54 Å². The van der Waals surface area contributed by atoms with Crippen LogP contribution in [0.2, 0.25) is 0 Å². The van der Waals surface area contributed by atoms with Crippen molar-refractivity contribution in [2.75, 3.05) is 13.1 Å². The molecule has 1 aromatic carbocycles. The van der Waals surface area contributed by atoms with Gasteiger partial charge >= 0.3 is 0 Å². The number of terminal acetylenes is 1. The monoisotopic (exact) mass is 370 g/mol. The van der Waals surface area contributed by atoms with E-state index in [2.05, 4.69) is 73.5 Å². The van der Waals surface area contributed by atoms with Crippen LogP contribution in [0, 0.1) is 19.3 Å². The van der Waals surface area contributed by atoms with Crippen LogP contribution in [0.25, 0.3) is 0 Å². The van der Waals surface area contributed by atoms with Crippen molar-refractivity contribution < 1.29 is 4.48 Å². The zero-order chi connectivity index (χ0) is 14.3. The van der Waals surface area contributed by atoms with Gasteiger partial charge in [-0.2, -0.15) is 0 Å². The van der Waals surface area contributed by atoms with Crippen LogP contribution in [0.3, 0.4) is 0 Å². The van der Waals surface area contributed by atoms with E-state index in [4.69, 9.17) is 6.42 Å². The molecule has 1 rings (SSSR count). The summed E-state index contributed by atoms with van der Waals surface area (Å²) in [5.74, 6) is 2.97. The summed E-state index contributed by atoms with van der Waals surface area (Å²) in [6.07, 6.45) is 8.08. The van der Waals surface area contributed by atoms with E-state index in [1.54, 1.807) is 0 Å². The Balaban J connectivity index is 3.09. The summed E-state index contributed by atoms with van der Waals surface area (Å²) >= 11 is 2.44. The Morgan fingerprint density at radius 3 is 2.26 bits per heavy atom. The fourth-order valence-electron chi connectivity index (χ4n) is 2.75. The molecule has 1 nitrogen and oxygen atoms in total. The maximum absolute atomic E-state index is 5.74. The molecular weight excluding hydrogens is 345 g/mol. The summed E-state index contributed by atoms with van der Waals surface area (Å²) in [5, 5.41) is 0. The molecule has 1 aromatic rings. The lowest BCUT2D eigenvalue weighted by atomic mass is 10.1. The van der Waals surface area contributed by atoms with E-state index >= 15 is 0 Å². The zero-order valence-electron chi connectivity index (χ0n) is 12.3. The molecular formula is C17H25IN+. The first-order chi connectivity index (χ1) is 9.09. The number of benzene rings is 1. The molecule has 1 atom stereocenters. The third-order valence-electron chi connectivity index (χ3n) is 3.70. The van der Waals surface area contributed by atoms with Gasteiger partial charge < -0.3 is 0 Å². The summed E-state index contributed by atoms with van der Waals surface area (Å²) in [5.41, 5.74) is 2.80. The fourth-order valence-corrected chi connectivity index (χ4v) is 3.51. The van der Waals surface area contributed by atoms with Crippen LogP contribution >= 0.6 is 22.6 Å². The molecule has 0 radical (unpaired) electrons. The predicted octanol–water partition coefficient (Wildman–Crippen LogP) is 4.53. The van der Waals surface area contributed by atoms with Crippen LogP contribution in [0.15, 0.2) is 24.3 Å². The number of quaternary nitrogens is 1. The fraction of sp³-hybridized carbons (Fsp3) is 0.529. The van der Waals surface area contributed by atoms with Gasteiger partial charge in [-0.3, -0.25) is 4.48 Å². The van der Waals surface area contributed by atoms with E-state index in [0.29, 0.717) is 0 Å². The predicted molar refractivity (Wildman–Crippen MR) is 92.1 cm³/mol. The summed E-state index contributed by atoms with van der Waals surface area (Å²) in [4.78, 5) is 0. The van der Waals surface area contributed by atoms with E-state index in [-0.39, 0.29) is 4.05 Å². The van der Waals surface area contributed by atoms with Crippen molar-refractivity contribution in [2.45, 2.75) is 44.2 Å². The lowest BCUT2D eigenvalue weighted by Gasteiger charge is -2.41. The number of rotatable bonds is 7. The second-order valence-corrected chi connectivity index (χ2v) is 6.43. The second kappa shape index (κ2) is 7.91. The number of hydrogen-bond acceptors (Lipinski definition) is 0. The number of halogens is 1. The maximum atomic E-state index is 5.74. The Labute approximate surface area is 132 Å². The number of alkyl halides is 1. The van der Waals surface area contributed by atoms with Crippen molar-refractivity contribution in [2.24, 2.45) is 0 Å². The minimum Gasteiger partial charge on any atom is -0.299 e. The summed E-state index contributed by atoms with van der Waals surface area (Å²) in [6.45, 7) is 10.0. The lowest BCUT2D eigenvalue weighted by Crippen LogP contribution is -2.52. The molecule has 0 N–H and O–H groups in total. The smallest absolute Gasteiger partial charge is 0.200 e. The topological polar surface area (TPSA) is 0 Å². The van der Waals surface area contributed by atoms with Crippen LogP contribution in [0.5, 0.6) is 0 Å². The van der Waals surface area contributed by atoms with Gasteiger partial charge in [-0.25, -0.2) is 0 Å². The Morgan fingerprint density at radius 1 is 1.21 bits per heavy atom. The van der Waals surface area contributed by atoms with Gasteiger partial charge in [0.05, 0.1) is 13.1 Å². The molecule has 104 valence electrons. The first-order valence-electron chi connectivity index (χ1n) is 7.10. The first-order valence-corrected chi connectivity index (χ1v) is 8.34. The van der Waals surface area contributed by atoms with Gasteiger partial charge in [-0.1, -0.05) is 38.1 Å². The minimum atomic E-state index is 0.247. The van der Waals surface area contributed by atoms with Gasteiger partial charge in [0, 0.05) is 28.2 Å². The summed E-state index contributed by atoms with van der Waals surface area (Å²) < 4.78 is 1.26. The highest BCUT2D eigenvalue weighted by atomic mass is 127. The first kappa shape index (κ1) is 16.5. The number of hydrogen-bond donors (Lipinski definition) is 0. The zero-order valence-corrected chi connectivity index (χ0v) is 14.5. The third-order valence-corrected chi connectivity index (χ3v) is 5.24. The molecule has 0 aliphatic carbocycles. The summed E-state index contributed by atoms with van der Waals surface area (Å²) in [7, 11) is 0. The molecule has 0 heterocycles. The molecule has 0 spiro atoms. The van der Waals surface area contributed by atoms with Gasteiger partial charge in [0.2, 0.25) is 4.05 Å². The van der Waals surface area contributed by atoms with Crippen LogP contribution < -0.4 is 0 Å². The number of aryl methyl sites for hydroxylation is 1. The normalized spacial score (nSPS) is 13.0. The van der Waals surface area contributed by atoms with Crippen molar-refractivity contribution in [1.29, 1.82) is 0 Å². The molecule has 0 saturated carbocycles. The van der Waals surface area contributed by atoms with Gasteiger partial charge in [0.15, 0.2) is 0 Å². The SMILES string of the molecule is C#CC(I)[N+](CCC)(CCC)Cc1ccccc1C. The highest BCUT2D eigenvalue weighted by molar-refractivity contribution is 14.1. The van der Waals surface area contributed by atoms with Crippen molar-refractivity contribution in [3.8, 4) is 12.3 Å². The van der Waals surface area contributed by atoms with E-state index in [0.717, 1.165) is 24.1 Å². The van der Waals surface area contributed by atoms with E-state index in [1.165, 1.54) is 24.0 Å². The molecule has 0 aliphatic heterocycles. The standard InChI is InChI=1S/C17H25IN/c1-5-12-19(13-6-2,17(18)7-3)14-16-11-9-8-10-15(16)4/h3,8-11,17H,5-6,12-14H2,1-2,4H3/q+1. The third kappa shape index (κ3) is 4.22. The Hall–Kier alpha value is -0.530. The average Bonchev–Trinajstić information content (AvgIpc) is 2.41. The Bertz CT molecular complexity index is 427. The lowest BCUT2D eigenvalue weighted by molar-refractivity contribution is -0.940. The largest absolute Gasteiger partial charge is 0.299 e. The van der Waals surface area contributed by atoms with E-state index in [9.17, 15) is 0 Å². The molecule has 19 heavy (non-hydrogen) atoms. The highest BCUT2D eigenvalue weighted by Crippen LogP contribution is 2.26. The minimum absolute atomic E-state index is 0.247. The van der Waals surface area contributed by atoms with Crippen molar-refractivity contribution in [1.82, 2.24) is 0 Å². The number of nitrogens with zero attached hydrogens (tertiary/aromatic N) is 1. The maximum Gasteiger partial charge on any atom is 0.200 e. The average molecular weight is 370 g/mol. The summed E-state index contributed by atoms with van der Waals surface area (Å²) in [6, 6.07) is 8.68. The molecule has 0 aliphatic rings. The molecule has 0 bridgehead atoms. The van der Waals surface area contributed by atoms with Gasteiger partial charge in [0.25, 0.3) is 0 Å². The van der Waals surface area contributed by atoms with Gasteiger partial charge in [-0.15, -0.1) is 6.42 Å². The Morgan fingerprint density at radius 2 is 1.79 bits per heavy atom. The van der Waals surface area contributed by atoms with Gasteiger partial charge in [-0.05, 0) is 31.2 Å². The van der Waals surface area contributed by atoms with E-state index < -0.39 is 0 Å². The van der Waals surface area contributed by atoms with Crippen molar-refractivity contribution in [3.05, 3.63) is 35.4 Å². The molecule has 0 fully saturated rings. The quantitative estimate of drug-likeness (QED) is 0.218. The molecule has 2 heteroatoms. The molecule has 0 saturated heterocycles. The van der Waals surface area contributed by atoms with E-state index in [1.807, 2.05) is 0 Å². The van der Waals surface area contributed by atoms with Crippen LogP contribution in [0.1, 0.15) is 37.8 Å². The van der Waals surface area contributed by atoms with Crippen LogP contribution in [0.4, 0.5) is 0 Å². The highest BCUT2D eigenvalue weighted by Gasteiger charge is 2.33. The Kier molecular flexibility index (Phi) is 6.88. The van der Waals surface area contributed by atoms with Crippen LogP contribution in [-0.2, 0) is 6.54 Å². The molecule has 0 amide bonds. The molecule has 1 unspecified atom stereocenters. The molecule has 0 aromatic heterocycles. The second-order valence-electron chi connectivity index (χ2n) is 5.25. The van der Waals surface area contributed by atoms with Crippen LogP contribution in [-0.4, -0.2) is 21.6 Å². The van der Waals surface area contributed by atoms with Crippen molar-refractivity contribution in [3.63, 3.8) is 0 Å². The van der Waals surface area contributed by atoms with Crippen molar-refractivity contribution >= 4 is 22.6 Å².